The van der Waals surface area contributed by atoms with Crippen molar-refractivity contribution in [2.75, 3.05) is 24.7 Å². The van der Waals surface area contributed by atoms with Gasteiger partial charge in [-0.25, -0.2) is 28.9 Å². The van der Waals surface area contributed by atoms with Crippen LogP contribution in [0, 0.1) is 0 Å². The fourth-order valence-electron chi connectivity index (χ4n) is 4.42. The number of fused-ring (bicyclic) bond motifs is 1. The van der Waals surface area contributed by atoms with Gasteiger partial charge in [-0.05, 0) is 18.9 Å². The van der Waals surface area contributed by atoms with Crippen LogP contribution in [0.5, 0.6) is 0 Å². The largest absolute Gasteiger partial charge is 0.472 e. The van der Waals surface area contributed by atoms with Crippen molar-refractivity contribution >= 4 is 38.4 Å². The number of aromatic nitrogens is 6. The molecule has 19 nitrogen and oxygen atoms in total. The molecule has 5 unspecified atom stereocenters. The predicted octanol–water partition coefficient (Wildman–Crippen LogP) is -0.176. The average Bonchev–Trinajstić information content (AvgIpc) is 3.60. The van der Waals surface area contributed by atoms with Crippen molar-refractivity contribution in [3.8, 4) is 0 Å². The number of hydrogen-bond acceptors (Lipinski definition) is 14. The summed E-state index contributed by atoms with van der Waals surface area (Å²) in [6.45, 7) is -1.01. The molecule has 0 aliphatic carbocycles. The van der Waals surface area contributed by atoms with Gasteiger partial charge in [0.2, 0.25) is 0 Å². The maximum Gasteiger partial charge on any atom is 0.472 e. The van der Waals surface area contributed by atoms with Crippen LogP contribution in [0.4, 0.5) is 11.6 Å². The zero-order chi connectivity index (χ0) is 28.7. The Morgan fingerprint density at radius 1 is 1.02 bits per heavy atom. The first-order valence-corrected chi connectivity index (χ1v) is 14.9. The minimum atomic E-state index is -4.91. The molecule has 0 saturated carbocycles. The number of nitrogens with zero attached hydrogens (tertiary/aromatic N) is 6. The number of nitrogens with two attached hydrogens (primary N) is 2. The molecule has 5 heterocycles. The van der Waals surface area contributed by atoms with Crippen molar-refractivity contribution in [2.45, 2.75) is 50.0 Å². The average molecular weight is 604 g/mol. The molecule has 21 heteroatoms. The van der Waals surface area contributed by atoms with Gasteiger partial charge in [0.15, 0.2) is 11.5 Å². The summed E-state index contributed by atoms with van der Waals surface area (Å²) >= 11 is 0. The van der Waals surface area contributed by atoms with Crippen LogP contribution in [0.3, 0.4) is 0 Å². The quantitative estimate of drug-likeness (QED) is 0.188. The highest BCUT2D eigenvalue weighted by Gasteiger charge is 2.43. The molecule has 2 saturated heterocycles. The van der Waals surface area contributed by atoms with E-state index >= 15 is 0 Å². The van der Waals surface area contributed by atoms with Gasteiger partial charge in [-0.1, -0.05) is 0 Å². The molecular weight excluding hydrogens is 578 g/mol. The van der Waals surface area contributed by atoms with E-state index in [1.165, 1.54) is 24.9 Å². The lowest BCUT2D eigenvalue weighted by Crippen LogP contribution is -2.29. The zero-order valence-electron chi connectivity index (χ0n) is 20.6. The Kier molecular flexibility index (Phi) is 8.04. The van der Waals surface area contributed by atoms with E-state index in [9.17, 15) is 18.8 Å². The van der Waals surface area contributed by atoms with Crippen molar-refractivity contribution in [2.24, 2.45) is 0 Å². The van der Waals surface area contributed by atoms with Crippen LogP contribution in [0.1, 0.15) is 31.7 Å². The summed E-state index contributed by atoms with van der Waals surface area (Å²) in [5.74, 6) is 0.192. The van der Waals surface area contributed by atoms with Gasteiger partial charge in [0.05, 0.1) is 25.6 Å². The molecule has 218 valence electrons. The van der Waals surface area contributed by atoms with Crippen LogP contribution in [-0.4, -0.2) is 75.3 Å². The van der Waals surface area contributed by atoms with Crippen LogP contribution in [0.15, 0.2) is 29.7 Å². The lowest BCUT2D eigenvalue weighted by molar-refractivity contribution is -0.0495. The number of nitrogen functional groups attached to an aromatic ring is 2. The second kappa shape index (κ2) is 11.2. The first-order chi connectivity index (χ1) is 18.9. The third-order valence-electron chi connectivity index (χ3n) is 6.22. The molecule has 2 fully saturated rings. The summed E-state index contributed by atoms with van der Waals surface area (Å²) in [6.07, 6.45) is 0.346. The van der Waals surface area contributed by atoms with Crippen molar-refractivity contribution in [1.29, 1.82) is 0 Å². The number of anilines is 2. The van der Waals surface area contributed by atoms with Crippen molar-refractivity contribution in [3.05, 3.63) is 35.4 Å². The van der Waals surface area contributed by atoms with Crippen LogP contribution >= 0.6 is 15.6 Å². The summed E-state index contributed by atoms with van der Waals surface area (Å²) in [5.41, 5.74) is 11.5. The molecule has 0 aromatic carbocycles. The van der Waals surface area contributed by atoms with E-state index in [1.54, 1.807) is 4.57 Å². The van der Waals surface area contributed by atoms with Crippen molar-refractivity contribution in [1.82, 2.24) is 29.1 Å². The zero-order valence-corrected chi connectivity index (χ0v) is 22.4. The minimum absolute atomic E-state index is 0.0308. The molecule has 2 aliphatic heterocycles. The third kappa shape index (κ3) is 6.55. The molecule has 0 bridgehead atoms. The minimum Gasteiger partial charge on any atom is -0.383 e. The van der Waals surface area contributed by atoms with Gasteiger partial charge in [0.25, 0.3) is 0 Å². The molecule has 5 rings (SSSR count). The Morgan fingerprint density at radius 3 is 2.58 bits per heavy atom. The molecule has 3 aromatic rings. The van der Waals surface area contributed by atoms with Crippen molar-refractivity contribution in [3.63, 3.8) is 0 Å². The topological polar surface area (TPSA) is 272 Å². The predicted molar refractivity (Wildman–Crippen MR) is 133 cm³/mol. The molecule has 7 N–H and O–H groups in total. The second-order valence-corrected chi connectivity index (χ2v) is 11.6. The highest BCUT2D eigenvalue weighted by molar-refractivity contribution is 7.47. The van der Waals surface area contributed by atoms with Crippen LogP contribution in [-0.2, 0) is 32.2 Å². The Morgan fingerprint density at radius 2 is 1.82 bits per heavy atom. The van der Waals surface area contributed by atoms with E-state index in [0.29, 0.717) is 24.0 Å². The van der Waals surface area contributed by atoms with Crippen molar-refractivity contribution < 1.29 is 46.9 Å². The molecule has 0 radical (unpaired) electrons. The molecule has 40 heavy (non-hydrogen) atoms. The van der Waals surface area contributed by atoms with Gasteiger partial charge in [0.1, 0.15) is 42.3 Å². The second-order valence-electron chi connectivity index (χ2n) is 8.97. The number of phosphoric acid groups is 2. The smallest absolute Gasteiger partial charge is 0.383 e. The number of ether oxygens (including phenoxy) is 2. The Hall–Kier alpha value is -2.83. The number of phosphoric ester groups is 2. The van der Waals surface area contributed by atoms with Crippen LogP contribution < -0.4 is 17.2 Å². The fourth-order valence-corrected chi connectivity index (χ4v) is 5.74. The lowest BCUT2D eigenvalue weighted by Gasteiger charge is -2.22. The molecular formula is C19H26N8O11P2. The Balaban J connectivity index is 1.21. The standard InChI is InChI=1S/C19H26N8O11P2/c20-13-3-4-26(19(28)25-13)15-5-11(12(37-15)7-34-39(29,30)31)38-40(32,33)35-6-10-1-2-14(36-10)27-9-24-16-17(21)22-8-23-18(16)27/h3-4,8-12,14-15H,1-2,5-7H2,(H,32,33)(H2,20,25,28)(H2,21,22,23)(H2,29,30,31)/t10?,11-,12?,14?,15?/m0/s1. The first-order valence-electron chi connectivity index (χ1n) is 11.8. The van der Waals surface area contributed by atoms with Gasteiger partial charge in [-0.3, -0.25) is 22.7 Å². The van der Waals surface area contributed by atoms with E-state index in [1.807, 2.05) is 0 Å². The molecule has 0 amide bonds. The van der Waals surface area contributed by atoms with Gasteiger partial charge in [-0.15, -0.1) is 0 Å². The maximum absolute atomic E-state index is 12.8. The summed E-state index contributed by atoms with van der Waals surface area (Å²) in [7, 11) is -9.66. The van der Waals surface area contributed by atoms with Crippen LogP contribution in [0.2, 0.25) is 0 Å². The highest BCUT2D eigenvalue weighted by atomic mass is 31.2. The summed E-state index contributed by atoms with van der Waals surface area (Å²) < 4.78 is 53.3. The van der Waals surface area contributed by atoms with E-state index in [0.717, 1.165) is 4.57 Å². The van der Waals surface area contributed by atoms with Gasteiger partial charge >= 0.3 is 21.3 Å². The Bertz CT molecular complexity index is 1530. The number of hydrogen-bond donors (Lipinski definition) is 5. The van der Waals surface area contributed by atoms with E-state index in [2.05, 4.69) is 24.5 Å². The highest BCUT2D eigenvalue weighted by Crippen LogP contribution is 2.49. The SMILES string of the molecule is Nc1ccn(C2C[C@H](OP(=O)(O)OCC3CCC(n4cnc5c(N)ncnc54)O3)C(COP(=O)(O)O)O2)c(=O)n1. The number of imidazole rings is 1. The van der Waals surface area contributed by atoms with Gasteiger partial charge in [0, 0.05) is 12.6 Å². The van der Waals surface area contributed by atoms with E-state index < -0.39 is 58.7 Å². The van der Waals surface area contributed by atoms with Gasteiger partial charge in [-0.2, -0.15) is 4.98 Å². The van der Waals surface area contributed by atoms with Crippen LogP contribution in [0.25, 0.3) is 11.2 Å². The molecule has 6 atom stereocenters. The normalized spacial score (nSPS) is 26.8. The Labute approximate surface area is 224 Å². The van der Waals surface area contributed by atoms with E-state index in [4.69, 9.17) is 39.8 Å². The van der Waals surface area contributed by atoms with Gasteiger partial charge < -0.3 is 35.6 Å². The molecule has 0 spiro atoms. The lowest BCUT2D eigenvalue weighted by atomic mass is 10.2. The first kappa shape index (κ1) is 28.7. The maximum atomic E-state index is 12.8. The fraction of sp³-hybridized carbons (Fsp3) is 0.526. The number of rotatable bonds is 10. The third-order valence-corrected chi connectivity index (χ3v) is 7.72. The molecule has 2 aliphatic rings. The molecule has 3 aromatic heterocycles. The van der Waals surface area contributed by atoms with E-state index in [-0.39, 0.29) is 24.7 Å². The summed E-state index contributed by atoms with van der Waals surface area (Å²) in [5, 5.41) is 0. The summed E-state index contributed by atoms with van der Waals surface area (Å²) in [6, 6.07) is 1.34. The monoisotopic (exact) mass is 604 g/mol. The summed E-state index contributed by atoms with van der Waals surface area (Å²) in [4.78, 5) is 56.7.